The zero-order chi connectivity index (χ0) is 26.1. The maximum Gasteiger partial charge on any atom is 0.345 e. The van der Waals surface area contributed by atoms with E-state index in [9.17, 15) is 23.5 Å². The second-order valence-electron chi connectivity index (χ2n) is 9.05. The quantitative estimate of drug-likeness (QED) is 0.319. The fraction of sp³-hybridized carbons (Fsp3) is 0.429. The molecule has 3 atom stereocenters. The van der Waals surface area contributed by atoms with Crippen LogP contribution in [0.25, 0.3) is 0 Å². The van der Waals surface area contributed by atoms with Crippen LogP contribution in [0.3, 0.4) is 0 Å². The number of carbonyl (C=O) groups is 2. The molecule has 8 heteroatoms. The van der Waals surface area contributed by atoms with Gasteiger partial charge in [-0.15, -0.1) is 23.2 Å². The van der Waals surface area contributed by atoms with Crippen LogP contribution in [0.4, 0.5) is 8.78 Å². The van der Waals surface area contributed by atoms with Crippen LogP contribution in [-0.4, -0.2) is 51.6 Å². The highest BCUT2D eigenvalue weighted by molar-refractivity contribution is 7.13. The monoisotopic (exact) mass is 515 g/mol. The number of thiophene rings is 1. The first-order valence-electron chi connectivity index (χ1n) is 12.0. The maximum absolute atomic E-state index is 14.2. The number of hydrogen-bond donors (Lipinski definition) is 2. The number of alkyl halides is 2. The van der Waals surface area contributed by atoms with E-state index in [1.54, 1.807) is 6.07 Å². The average Bonchev–Trinajstić information content (AvgIpc) is 3.41. The number of aliphatic hydroxyl groups excluding tert-OH is 1. The Hall–Kier alpha value is -3.02. The topological polar surface area (TPSA) is 77.8 Å². The molecule has 1 aromatic heterocycles. The number of carboxylic acids is 1. The molecule has 0 unspecified atom stereocenters. The number of hydrogen-bond acceptors (Lipinski definition) is 4. The lowest BCUT2D eigenvalue weighted by Gasteiger charge is -2.22. The molecule has 1 aromatic carbocycles. The Morgan fingerprint density at radius 1 is 1.22 bits per heavy atom. The second-order valence-corrected chi connectivity index (χ2v) is 10.2. The molecular formula is C28H31F2NO4S. The number of halogens is 2. The van der Waals surface area contributed by atoms with E-state index in [1.807, 2.05) is 25.1 Å². The summed E-state index contributed by atoms with van der Waals surface area (Å²) in [5, 5.41) is 19.5. The first-order chi connectivity index (χ1) is 17.2. The Kier molecular flexibility index (Phi) is 9.80. The number of nitrogens with zero attached hydrogens (tertiary/aromatic N) is 1. The molecule has 2 heterocycles. The van der Waals surface area contributed by atoms with Gasteiger partial charge in [0.05, 0.1) is 12.1 Å². The summed E-state index contributed by atoms with van der Waals surface area (Å²) < 4.78 is 28.3. The van der Waals surface area contributed by atoms with Gasteiger partial charge >= 0.3 is 11.9 Å². The van der Waals surface area contributed by atoms with Gasteiger partial charge in [-0.1, -0.05) is 49.4 Å². The molecule has 1 fully saturated rings. The minimum absolute atomic E-state index is 0.127. The van der Waals surface area contributed by atoms with Crippen LogP contribution in [0.5, 0.6) is 0 Å². The van der Waals surface area contributed by atoms with Crippen molar-refractivity contribution >= 4 is 23.2 Å². The zero-order valence-corrected chi connectivity index (χ0v) is 21.0. The number of benzene rings is 1. The SMILES string of the molecule is C[C@H](CC#CCCc1ccccc1)[C@@H](O)C=C[C@H]1CC(F)(F)C(=O)N1CCCc1ccc(C(=O)O)s1. The van der Waals surface area contributed by atoms with E-state index in [1.165, 1.54) is 23.8 Å². The van der Waals surface area contributed by atoms with Crippen LogP contribution in [0.15, 0.2) is 54.6 Å². The summed E-state index contributed by atoms with van der Waals surface area (Å²) in [7, 11) is 0. The zero-order valence-electron chi connectivity index (χ0n) is 20.2. The Morgan fingerprint density at radius 2 is 1.97 bits per heavy atom. The van der Waals surface area contributed by atoms with Crippen molar-refractivity contribution in [1.29, 1.82) is 0 Å². The van der Waals surface area contributed by atoms with Gasteiger partial charge in [0.15, 0.2) is 0 Å². The lowest BCUT2D eigenvalue weighted by molar-refractivity contribution is -0.148. The summed E-state index contributed by atoms with van der Waals surface area (Å²) >= 11 is 1.14. The van der Waals surface area contributed by atoms with E-state index < -0.39 is 36.4 Å². The molecule has 3 rings (SSSR count). The van der Waals surface area contributed by atoms with Crippen molar-refractivity contribution in [2.24, 2.45) is 5.92 Å². The number of aryl methyl sites for hydroxylation is 2. The molecule has 0 radical (unpaired) electrons. The number of likely N-dealkylation sites (tertiary alicyclic amines) is 1. The minimum Gasteiger partial charge on any atom is -0.477 e. The molecule has 0 aliphatic carbocycles. The summed E-state index contributed by atoms with van der Waals surface area (Å²) in [6.45, 7) is 1.97. The van der Waals surface area contributed by atoms with Crippen molar-refractivity contribution in [3.05, 3.63) is 69.9 Å². The summed E-state index contributed by atoms with van der Waals surface area (Å²) in [6.07, 6.45) is 4.48. The van der Waals surface area contributed by atoms with Gasteiger partial charge in [0.25, 0.3) is 5.91 Å². The van der Waals surface area contributed by atoms with E-state index in [-0.39, 0.29) is 17.3 Å². The highest BCUT2D eigenvalue weighted by Crippen LogP contribution is 2.34. The van der Waals surface area contributed by atoms with Crippen molar-refractivity contribution in [3.63, 3.8) is 0 Å². The largest absolute Gasteiger partial charge is 0.477 e. The summed E-state index contributed by atoms with van der Waals surface area (Å²) in [6, 6.07) is 12.5. The third-order valence-corrected chi connectivity index (χ3v) is 7.31. The molecule has 1 aliphatic rings. The van der Waals surface area contributed by atoms with E-state index in [0.29, 0.717) is 19.3 Å². The van der Waals surface area contributed by atoms with Gasteiger partial charge in [-0.3, -0.25) is 4.79 Å². The number of carboxylic acid groups (broad SMARTS) is 1. The van der Waals surface area contributed by atoms with Gasteiger partial charge in [-0.05, 0) is 42.9 Å². The molecule has 1 amide bonds. The number of aliphatic hydroxyl groups is 1. The molecule has 192 valence electrons. The molecule has 1 saturated heterocycles. The van der Waals surface area contributed by atoms with E-state index >= 15 is 0 Å². The number of amides is 1. The fourth-order valence-electron chi connectivity index (χ4n) is 4.04. The third-order valence-electron chi connectivity index (χ3n) is 6.18. The molecule has 0 spiro atoms. The molecule has 36 heavy (non-hydrogen) atoms. The Morgan fingerprint density at radius 3 is 2.67 bits per heavy atom. The molecule has 2 N–H and O–H groups in total. The van der Waals surface area contributed by atoms with Crippen LogP contribution < -0.4 is 0 Å². The van der Waals surface area contributed by atoms with Crippen molar-refractivity contribution in [2.45, 2.75) is 63.5 Å². The van der Waals surface area contributed by atoms with Crippen molar-refractivity contribution < 1.29 is 28.6 Å². The Balaban J connectivity index is 1.49. The summed E-state index contributed by atoms with van der Waals surface area (Å²) in [4.78, 5) is 25.5. The van der Waals surface area contributed by atoms with Gasteiger partial charge < -0.3 is 15.1 Å². The van der Waals surface area contributed by atoms with Gasteiger partial charge in [0, 0.05) is 30.7 Å². The van der Waals surface area contributed by atoms with Crippen molar-refractivity contribution in [2.75, 3.05) is 6.54 Å². The molecular weight excluding hydrogens is 484 g/mol. The molecule has 1 aliphatic heterocycles. The smallest absolute Gasteiger partial charge is 0.345 e. The molecule has 0 saturated carbocycles. The molecule has 5 nitrogen and oxygen atoms in total. The normalized spacial score (nSPS) is 18.7. The minimum atomic E-state index is -3.44. The molecule has 0 bridgehead atoms. The van der Waals surface area contributed by atoms with Crippen LogP contribution in [-0.2, 0) is 17.6 Å². The summed E-state index contributed by atoms with van der Waals surface area (Å²) in [5.41, 5.74) is 1.22. The van der Waals surface area contributed by atoms with Crippen LogP contribution in [0.2, 0.25) is 0 Å². The van der Waals surface area contributed by atoms with E-state index in [0.717, 1.165) is 34.0 Å². The first kappa shape index (κ1) is 27.6. The van der Waals surface area contributed by atoms with Crippen LogP contribution in [0.1, 0.15) is 52.7 Å². The third kappa shape index (κ3) is 7.74. The van der Waals surface area contributed by atoms with Gasteiger partial charge in [-0.25, -0.2) is 4.79 Å². The van der Waals surface area contributed by atoms with Crippen molar-refractivity contribution in [3.8, 4) is 11.8 Å². The first-order valence-corrected chi connectivity index (χ1v) is 12.9. The fourth-order valence-corrected chi connectivity index (χ4v) is 4.92. The lowest BCUT2D eigenvalue weighted by atomic mass is 9.99. The van der Waals surface area contributed by atoms with Crippen LogP contribution >= 0.6 is 11.3 Å². The van der Waals surface area contributed by atoms with Crippen LogP contribution in [0, 0.1) is 17.8 Å². The number of carbonyl (C=O) groups excluding carboxylic acids is 1. The highest BCUT2D eigenvalue weighted by atomic mass is 32.1. The number of aromatic carboxylic acids is 1. The van der Waals surface area contributed by atoms with Crippen molar-refractivity contribution in [1.82, 2.24) is 4.90 Å². The standard InChI is InChI=1S/C28H31F2NO4S/c1-20(9-4-2-5-10-21-11-6-3-7-12-21)24(32)16-14-22-19-28(29,30)27(35)31(22)18-8-13-23-15-17-25(36-23)26(33)34/h3,6-7,11-12,14-17,20,22,24,32H,5,8-10,13,18-19H2,1H3,(H,33,34)/t20-,22+,24+/m1/s1. The van der Waals surface area contributed by atoms with E-state index in [4.69, 9.17) is 5.11 Å². The van der Waals surface area contributed by atoms with E-state index in [2.05, 4.69) is 24.0 Å². The maximum atomic E-state index is 14.2. The number of rotatable bonds is 11. The Bertz CT molecular complexity index is 1120. The van der Waals surface area contributed by atoms with Gasteiger partial charge in [0.1, 0.15) is 4.88 Å². The predicted octanol–water partition coefficient (Wildman–Crippen LogP) is 5.19. The highest BCUT2D eigenvalue weighted by Gasteiger charge is 2.52. The average molecular weight is 516 g/mol. The summed E-state index contributed by atoms with van der Waals surface area (Å²) in [5.74, 6) is 0.370. The molecule has 2 aromatic rings. The second kappa shape index (κ2) is 12.8. The van der Waals surface area contributed by atoms with Gasteiger partial charge in [-0.2, -0.15) is 8.78 Å². The lowest BCUT2D eigenvalue weighted by Crippen LogP contribution is -2.36. The predicted molar refractivity (Wildman–Crippen MR) is 136 cm³/mol. The van der Waals surface area contributed by atoms with Gasteiger partial charge in [0.2, 0.25) is 0 Å². The Labute approximate surface area is 214 Å².